The van der Waals surface area contributed by atoms with Gasteiger partial charge in [0.15, 0.2) is 17.8 Å². The maximum absolute atomic E-state index is 11.4. The van der Waals surface area contributed by atoms with E-state index in [-0.39, 0.29) is 0 Å². The molecule has 0 bridgehead atoms. The van der Waals surface area contributed by atoms with Gasteiger partial charge < -0.3 is 19.8 Å². The van der Waals surface area contributed by atoms with Crippen LogP contribution in [-0.4, -0.2) is 48.3 Å². The minimum Gasteiger partial charge on any atom is -0.491 e. The van der Waals surface area contributed by atoms with Crippen LogP contribution in [0, 0.1) is 0 Å². The lowest BCUT2D eigenvalue weighted by molar-refractivity contribution is -0.123. The summed E-state index contributed by atoms with van der Waals surface area (Å²) in [5.41, 5.74) is 8.51. The number of hydrogen-bond acceptors (Lipinski definition) is 7. The van der Waals surface area contributed by atoms with Gasteiger partial charge in [-0.05, 0) is 31.9 Å². The van der Waals surface area contributed by atoms with Gasteiger partial charge in [0.05, 0.1) is 12.1 Å². The third-order valence-electron chi connectivity index (χ3n) is 5.21. The number of aromatic amines is 1. The molecular weight excluding hydrogens is 398 g/mol. The number of hydrogen-bond donors (Lipinski definition) is 2. The van der Waals surface area contributed by atoms with Gasteiger partial charge in [-0.1, -0.05) is 0 Å². The van der Waals surface area contributed by atoms with Gasteiger partial charge in [-0.25, -0.2) is 9.97 Å². The number of nitrogens with zero attached hydrogens (tertiary/aromatic N) is 5. The van der Waals surface area contributed by atoms with Gasteiger partial charge in [0.1, 0.15) is 29.0 Å². The summed E-state index contributed by atoms with van der Waals surface area (Å²) < 4.78 is 13.8. The maximum atomic E-state index is 11.4. The lowest BCUT2D eigenvalue weighted by Crippen LogP contribution is -2.30. The number of carbonyl (C=O) groups excluding carboxylic acids is 1. The van der Waals surface area contributed by atoms with Crippen LogP contribution >= 0.6 is 0 Å². The second kappa shape index (κ2) is 7.71. The first-order chi connectivity index (χ1) is 15.1. The third kappa shape index (κ3) is 3.56. The minimum absolute atomic E-state index is 0.485. The van der Waals surface area contributed by atoms with E-state index in [1.807, 2.05) is 12.1 Å². The lowest BCUT2D eigenvalue weighted by atomic mass is 10.2. The maximum Gasteiger partial charge on any atom is 0.258 e. The largest absolute Gasteiger partial charge is 0.491 e. The second-order valence-electron chi connectivity index (χ2n) is 7.36. The number of nitrogens with one attached hydrogen (secondary N) is 1. The zero-order valence-electron chi connectivity index (χ0n) is 16.9. The van der Waals surface area contributed by atoms with Crippen LogP contribution in [-0.2, 0) is 11.3 Å². The lowest BCUT2D eigenvalue weighted by Gasteiger charge is -2.17. The molecule has 4 aromatic rings. The number of primary amides is 1. The van der Waals surface area contributed by atoms with Crippen molar-refractivity contribution in [1.29, 1.82) is 0 Å². The predicted octanol–water partition coefficient (Wildman–Crippen LogP) is 2.31. The molecule has 31 heavy (non-hydrogen) atoms. The molecule has 1 atom stereocenters. The highest BCUT2D eigenvalue weighted by atomic mass is 16.5. The molecule has 1 aliphatic rings. The quantitative estimate of drug-likeness (QED) is 0.507. The van der Waals surface area contributed by atoms with Gasteiger partial charge in [-0.3, -0.25) is 14.9 Å². The van der Waals surface area contributed by atoms with Crippen molar-refractivity contribution in [3.8, 4) is 34.4 Å². The molecule has 0 spiro atoms. The zero-order chi connectivity index (χ0) is 21.4. The van der Waals surface area contributed by atoms with Crippen LogP contribution in [0.1, 0.15) is 19.8 Å². The summed E-state index contributed by atoms with van der Waals surface area (Å²) >= 11 is 0. The molecule has 1 aromatic carbocycles. The van der Waals surface area contributed by atoms with Gasteiger partial charge in [-0.2, -0.15) is 5.10 Å². The Morgan fingerprint density at radius 2 is 2.19 bits per heavy atom. The highest BCUT2D eigenvalue weighted by Gasteiger charge is 2.21. The minimum atomic E-state index is -0.759. The first-order valence-electron chi connectivity index (χ1n) is 10.1. The number of aromatic nitrogens is 6. The van der Waals surface area contributed by atoms with Crippen LogP contribution in [0.3, 0.4) is 0 Å². The highest BCUT2D eigenvalue weighted by molar-refractivity contribution is 5.87. The first kappa shape index (κ1) is 19.0. The van der Waals surface area contributed by atoms with E-state index < -0.39 is 12.0 Å². The standard InChI is InChI=1S/C21H21N7O3/c1-12(19(22)29)31-14-8-16-18-17(9-14)30-7-3-2-6-28(18)21(26-16)15-5-4-13(10-23-15)20-24-11-25-27-20/h4-5,8-12H,2-3,6-7H2,1H3,(H2,22,29)(H,24,25,27). The van der Waals surface area contributed by atoms with Crippen molar-refractivity contribution in [2.24, 2.45) is 5.73 Å². The van der Waals surface area contributed by atoms with E-state index in [2.05, 4.69) is 24.7 Å². The van der Waals surface area contributed by atoms with E-state index in [0.29, 0.717) is 29.4 Å². The molecule has 3 aromatic heterocycles. The number of pyridine rings is 1. The predicted molar refractivity (Wildman–Crippen MR) is 112 cm³/mol. The van der Waals surface area contributed by atoms with Gasteiger partial charge in [0.25, 0.3) is 5.91 Å². The third-order valence-corrected chi connectivity index (χ3v) is 5.21. The van der Waals surface area contributed by atoms with Crippen molar-refractivity contribution in [3.63, 3.8) is 0 Å². The fraction of sp³-hybridized carbons (Fsp3) is 0.286. The summed E-state index contributed by atoms with van der Waals surface area (Å²) in [6.07, 6.45) is 4.32. The van der Waals surface area contributed by atoms with Crippen molar-refractivity contribution in [2.75, 3.05) is 6.61 Å². The average Bonchev–Trinajstić information content (AvgIpc) is 3.40. The number of rotatable bonds is 5. The van der Waals surface area contributed by atoms with Crippen LogP contribution in [0.5, 0.6) is 11.5 Å². The number of ether oxygens (including phenoxy) is 2. The van der Waals surface area contributed by atoms with Crippen molar-refractivity contribution in [3.05, 3.63) is 36.8 Å². The molecule has 0 saturated heterocycles. The van der Waals surface area contributed by atoms with E-state index in [1.165, 1.54) is 6.33 Å². The van der Waals surface area contributed by atoms with E-state index in [1.54, 1.807) is 25.3 Å². The van der Waals surface area contributed by atoms with Gasteiger partial charge in [0, 0.05) is 30.4 Å². The smallest absolute Gasteiger partial charge is 0.258 e. The van der Waals surface area contributed by atoms with E-state index in [9.17, 15) is 4.79 Å². The van der Waals surface area contributed by atoms with Crippen molar-refractivity contribution in [2.45, 2.75) is 32.4 Å². The molecule has 10 nitrogen and oxygen atoms in total. The Morgan fingerprint density at radius 1 is 1.29 bits per heavy atom. The molecule has 158 valence electrons. The SMILES string of the molecule is CC(Oc1cc2c3c(c1)nc(-c1ccc(-c4ncn[nH]4)cn1)n3CCCCO2)C(N)=O. The summed E-state index contributed by atoms with van der Waals surface area (Å²) in [5, 5.41) is 6.71. The number of amides is 1. The fourth-order valence-corrected chi connectivity index (χ4v) is 3.62. The number of benzene rings is 1. The molecule has 3 N–H and O–H groups in total. The molecule has 0 fully saturated rings. The number of imidazole rings is 1. The topological polar surface area (TPSA) is 134 Å². The Balaban J connectivity index is 1.60. The Labute approximate surface area is 177 Å². The Kier molecular flexibility index (Phi) is 4.73. The first-order valence-corrected chi connectivity index (χ1v) is 10.1. The Hall–Kier alpha value is -3.95. The van der Waals surface area contributed by atoms with Crippen LogP contribution in [0.25, 0.3) is 33.9 Å². The zero-order valence-corrected chi connectivity index (χ0v) is 16.9. The van der Waals surface area contributed by atoms with Gasteiger partial charge in [0.2, 0.25) is 0 Å². The molecule has 0 radical (unpaired) electrons. The monoisotopic (exact) mass is 419 g/mol. The summed E-state index contributed by atoms with van der Waals surface area (Å²) in [4.78, 5) is 25.0. The molecule has 1 amide bonds. The van der Waals surface area contributed by atoms with Gasteiger partial charge in [-0.15, -0.1) is 0 Å². The summed E-state index contributed by atoms with van der Waals surface area (Å²) in [6, 6.07) is 7.43. The normalized spacial score (nSPS) is 14.5. The number of aryl methyl sites for hydroxylation is 1. The van der Waals surface area contributed by atoms with Crippen LogP contribution in [0.15, 0.2) is 36.8 Å². The summed E-state index contributed by atoms with van der Waals surface area (Å²) in [6.45, 7) is 3.01. The molecule has 10 heteroatoms. The van der Waals surface area contributed by atoms with Crippen LogP contribution < -0.4 is 15.2 Å². The molecule has 0 saturated carbocycles. The Bertz CT molecular complexity index is 1230. The average molecular weight is 419 g/mol. The van der Waals surface area contributed by atoms with E-state index >= 15 is 0 Å². The molecule has 0 aliphatic carbocycles. The number of carbonyl (C=O) groups is 1. The number of H-pyrrole nitrogens is 1. The van der Waals surface area contributed by atoms with E-state index in [0.717, 1.165) is 42.0 Å². The Morgan fingerprint density at radius 3 is 2.94 bits per heavy atom. The highest BCUT2D eigenvalue weighted by Crippen LogP contribution is 2.36. The second-order valence-corrected chi connectivity index (χ2v) is 7.36. The van der Waals surface area contributed by atoms with Crippen LogP contribution in [0.4, 0.5) is 0 Å². The molecule has 4 heterocycles. The molecule has 1 unspecified atom stereocenters. The summed E-state index contributed by atoms with van der Waals surface area (Å²) in [5.74, 6) is 2.01. The molecule has 5 rings (SSSR count). The fourth-order valence-electron chi connectivity index (χ4n) is 3.62. The summed E-state index contributed by atoms with van der Waals surface area (Å²) in [7, 11) is 0. The van der Waals surface area contributed by atoms with E-state index in [4.69, 9.17) is 20.2 Å². The van der Waals surface area contributed by atoms with Crippen molar-refractivity contribution in [1.82, 2.24) is 29.7 Å². The van der Waals surface area contributed by atoms with Crippen LogP contribution in [0.2, 0.25) is 0 Å². The molecular formula is C21H21N7O3. The van der Waals surface area contributed by atoms with Gasteiger partial charge >= 0.3 is 0 Å². The number of nitrogens with two attached hydrogens (primary N) is 1. The van der Waals surface area contributed by atoms with Crippen molar-refractivity contribution >= 4 is 16.9 Å². The molecule has 1 aliphatic heterocycles. The van der Waals surface area contributed by atoms with Crippen molar-refractivity contribution < 1.29 is 14.3 Å².